The van der Waals surface area contributed by atoms with E-state index in [4.69, 9.17) is 20.8 Å². The quantitative estimate of drug-likeness (QED) is 0.0934. The highest BCUT2D eigenvalue weighted by Crippen LogP contribution is 2.25. The number of carbonyl (C=O) groups excluding carboxylic acids is 1. The number of carboxylic acids is 2. The lowest BCUT2D eigenvalue weighted by Crippen LogP contribution is -2.50. The molecule has 13 nitrogen and oxygen atoms in total. The largest absolute Gasteiger partial charge is 0.490 e. The van der Waals surface area contributed by atoms with Crippen LogP contribution in [0.5, 0.6) is 0 Å². The molecule has 238 valence electrons. The van der Waals surface area contributed by atoms with Gasteiger partial charge < -0.3 is 26.5 Å². The van der Waals surface area contributed by atoms with Crippen LogP contribution in [0.4, 0.5) is 18.9 Å². The van der Waals surface area contributed by atoms with Gasteiger partial charge in [-0.25, -0.2) is 13.2 Å². The third-order valence-corrected chi connectivity index (χ3v) is 7.12. The van der Waals surface area contributed by atoms with E-state index in [0.717, 1.165) is 11.8 Å². The zero-order valence-corrected chi connectivity index (χ0v) is 24.1. The topological polar surface area (TPSA) is 223 Å². The summed E-state index contributed by atoms with van der Waals surface area (Å²) in [7, 11) is -4.13. The second-order valence-corrected chi connectivity index (χ2v) is 11.1. The number of anilines is 1. The molecule has 3 aromatic carbocycles. The van der Waals surface area contributed by atoms with Gasteiger partial charge in [0.05, 0.1) is 17.9 Å². The first kappa shape index (κ1) is 35.7. The highest BCUT2D eigenvalue weighted by Gasteiger charge is 2.38. The molecule has 1 unspecified atom stereocenters. The van der Waals surface area contributed by atoms with E-state index < -0.39 is 46.6 Å². The van der Waals surface area contributed by atoms with Crippen LogP contribution in [-0.2, 0) is 30.8 Å². The van der Waals surface area contributed by atoms with Crippen LogP contribution < -0.4 is 11.1 Å². The normalized spacial score (nSPS) is 12.3. The van der Waals surface area contributed by atoms with E-state index >= 15 is 0 Å². The highest BCUT2D eigenvalue weighted by atomic mass is 32.2. The molecule has 0 aliphatic rings. The number of aliphatic carboxylic acids is 2. The van der Waals surface area contributed by atoms with Gasteiger partial charge in [0.25, 0.3) is 0 Å². The maximum Gasteiger partial charge on any atom is 0.490 e. The van der Waals surface area contributed by atoms with Crippen LogP contribution in [0.1, 0.15) is 16.7 Å². The number of amidine groups is 1. The fraction of sp³-hybridized carbons (Fsp3) is 0.179. The number of carbonyl (C=O) groups is 3. The van der Waals surface area contributed by atoms with Crippen LogP contribution in [0.25, 0.3) is 11.1 Å². The number of amides is 1. The first-order valence-electron chi connectivity index (χ1n) is 12.4. The first-order valence-corrected chi connectivity index (χ1v) is 14.3. The summed E-state index contributed by atoms with van der Waals surface area (Å²) in [5, 5.41) is 40.4. The number of nitriles is 1. The molecule has 0 heterocycles. The zero-order valence-electron chi connectivity index (χ0n) is 23.3. The predicted octanol–water partition coefficient (Wildman–Crippen LogP) is 2.85. The average Bonchev–Trinajstić information content (AvgIpc) is 2.98. The Morgan fingerprint density at radius 1 is 1.04 bits per heavy atom. The van der Waals surface area contributed by atoms with Gasteiger partial charge in [0.2, 0.25) is 15.9 Å². The number of hydrogen-bond acceptors (Lipinski definition) is 8. The summed E-state index contributed by atoms with van der Waals surface area (Å²) in [6.07, 6.45) is -4.45. The zero-order chi connectivity index (χ0) is 33.9. The van der Waals surface area contributed by atoms with E-state index in [9.17, 15) is 41.5 Å². The molecule has 0 fully saturated rings. The van der Waals surface area contributed by atoms with Gasteiger partial charge in [0.1, 0.15) is 12.6 Å². The summed E-state index contributed by atoms with van der Waals surface area (Å²) >= 11 is 0. The van der Waals surface area contributed by atoms with Crippen molar-refractivity contribution in [3.8, 4) is 17.2 Å². The Morgan fingerprint density at radius 2 is 1.64 bits per heavy atom. The molecular weight excluding hydrogens is 623 g/mol. The third-order valence-electron chi connectivity index (χ3n) is 5.88. The Hall–Kier alpha value is -5.47. The number of carboxylic acid groups (broad SMARTS) is 2. The smallest absolute Gasteiger partial charge is 0.480 e. The van der Waals surface area contributed by atoms with Gasteiger partial charge in [-0.1, -0.05) is 53.7 Å². The van der Waals surface area contributed by atoms with Gasteiger partial charge in [0.15, 0.2) is 5.84 Å². The lowest BCUT2D eigenvalue weighted by atomic mass is 10.00. The number of nitrogens with two attached hydrogens (primary N) is 1. The SMILES string of the molecule is CS(=O)(=O)N(CC(=O)O)C(Cc1cccc(/C(N)=N/O)c1)C(=O)Nc1ccc(-c2ccccc2C#N)cc1.O=C(O)C(F)(F)F. The Morgan fingerprint density at radius 3 is 2.16 bits per heavy atom. The summed E-state index contributed by atoms with van der Waals surface area (Å²) in [4.78, 5) is 33.8. The molecule has 0 aliphatic carbocycles. The minimum atomic E-state index is -5.08. The summed E-state index contributed by atoms with van der Waals surface area (Å²) in [5.41, 5.74) is 8.70. The van der Waals surface area contributed by atoms with Gasteiger partial charge in [0, 0.05) is 11.3 Å². The number of nitrogens with one attached hydrogen (secondary N) is 1. The van der Waals surface area contributed by atoms with Crippen molar-refractivity contribution in [2.45, 2.75) is 18.6 Å². The van der Waals surface area contributed by atoms with Gasteiger partial charge in [-0.2, -0.15) is 22.7 Å². The second-order valence-electron chi connectivity index (χ2n) is 9.13. The van der Waals surface area contributed by atoms with E-state index in [-0.39, 0.29) is 12.3 Å². The van der Waals surface area contributed by atoms with E-state index in [1.54, 1.807) is 66.7 Å². The minimum absolute atomic E-state index is 0.184. The Kier molecular flexibility index (Phi) is 12.2. The van der Waals surface area contributed by atoms with Crippen LogP contribution in [0.15, 0.2) is 78.0 Å². The Bertz CT molecular complexity index is 1720. The molecule has 0 bridgehead atoms. The standard InChI is InChI=1S/C26H25N5O6S.C2HF3O2/c1-38(36,37)31(16-24(32)33)23(14-17-5-4-7-19(13-17)25(28)30-35)26(34)29-21-11-9-18(10-12-21)22-8-3-2-6-20(22)15-27;3-2(4,5)1(6)7/h2-13,23,35H,14,16H2,1H3,(H2,28,30)(H,29,34)(H,32,33);(H,6,7). The predicted molar refractivity (Wildman–Crippen MR) is 155 cm³/mol. The third kappa shape index (κ3) is 10.6. The maximum atomic E-state index is 13.4. The van der Waals surface area contributed by atoms with Crippen molar-refractivity contribution in [1.82, 2.24) is 4.31 Å². The van der Waals surface area contributed by atoms with Gasteiger partial charge in [-0.3, -0.25) is 9.59 Å². The molecule has 1 amide bonds. The molecule has 6 N–H and O–H groups in total. The van der Waals surface area contributed by atoms with Gasteiger partial charge in [-0.15, -0.1) is 0 Å². The fourth-order valence-electron chi connectivity index (χ4n) is 3.85. The molecule has 0 radical (unpaired) electrons. The van der Waals surface area contributed by atoms with Crippen molar-refractivity contribution >= 4 is 39.4 Å². The number of oxime groups is 1. The molecule has 0 aromatic heterocycles. The highest BCUT2D eigenvalue weighted by molar-refractivity contribution is 7.88. The molecule has 0 saturated carbocycles. The first-order chi connectivity index (χ1) is 21.0. The van der Waals surface area contributed by atoms with E-state index in [1.807, 2.05) is 0 Å². The number of rotatable bonds is 10. The van der Waals surface area contributed by atoms with Crippen LogP contribution >= 0.6 is 0 Å². The summed E-state index contributed by atoms with van der Waals surface area (Å²) < 4.78 is 57.4. The number of halogens is 3. The minimum Gasteiger partial charge on any atom is -0.480 e. The van der Waals surface area contributed by atoms with Crippen molar-refractivity contribution in [3.63, 3.8) is 0 Å². The van der Waals surface area contributed by atoms with Crippen molar-refractivity contribution in [3.05, 3.63) is 89.5 Å². The maximum absolute atomic E-state index is 13.4. The molecule has 45 heavy (non-hydrogen) atoms. The molecule has 0 aliphatic heterocycles. The molecule has 3 rings (SSSR count). The summed E-state index contributed by atoms with van der Waals surface area (Å²) in [6, 6.07) is 20.6. The van der Waals surface area contributed by atoms with Crippen LogP contribution in [0.2, 0.25) is 0 Å². The van der Waals surface area contributed by atoms with E-state index in [2.05, 4.69) is 16.5 Å². The fourth-order valence-corrected chi connectivity index (χ4v) is 4.82. The number of alkyl halides is 3. The van der Waals surface area contributed by atoms with Crippen molar-refractivity contribution in [1.29, 1.82) is 5.26 Å². The second kappa shape index (κ2) is 15.3. The average molecular weight is 650 g/mol. The molecule has 17 heteroatoms. The molecule has 0 saturated heterocycles. The molecule has 0 spiro atoms. The summed E-state index contributed by atoms with van der Waals surface area (Å²) in [5.74, 6) is -5.13. The monoisotopic (exact) mass is 649 g/mol. The van der Waals surface area contributed by atoms with Crippen molar-refractivity contribution in [2.24, 2.45) is 10.9 Å². The molecule has 3 aromatic rings. The molecular formula is C28H26F3N5O8S. The lowest BCUT2D eigenvalue weighted by molar-refractivity contribution is -0.192. The van der Waals surface area contributed by atoms with E-state index in [1.165, 1.54) is 6.07 Å². The Labute approximate surface area is 254 Å². The Balaban J connectivity index is 0.000000900. The number of nitrogens with zero attached hydrogens (tertiary/aromatic N) is 3. The number of hydrogen-bond donors (Lipinski definition) is 5. The summed E-state index contributed by atoms with van der Waals surface area (Å²) in [6.45, 7) is -0.930. The van der Waals surface area contributed by atoms with Crippen LogP contribution in [0, 0.1) is 11.3 Å². The van der Waals surface area contributed by atoms with Crippen LogP contribution in [0.3, 0.4) is 0 Å². The lowest BCUT2D eigenvalue weighted by Gasteiger charge is -2.28. The van der Waals surface area contributed by atoms with Crippen molar-refractivity contribution < 1.29 is 51.4 Å². The van der Waals surface area contributed by atoms with Crippen molar-refractivity contribution in [2.75, 3.05) is 18.1 Å². The van der Waals surface area contributed by atoms with E-state index in [0.29, 0.717) is 32.2 Å². The van der Waals surface area contributed by atoms with Crippen LogP contribution in [-0.4, -0.2) is 76.8 Å². The molecule has 1 atom stereocenters. The number of sulfonamides is 1. The van der Waals surface area contributed by atoms with Gasteiger partial charge >= 0.3 is 18.1 Å². The number of benzene rings is 3. The van der Waals surface area contributed by atoms with Gasteiger partial charge in [-0.05, 0) is 47.4 Å².